The van der Waals surface area contributed by atoms with Gasteiger partial charge in [0.25, 0.3) is 10.0 Å². The van der Waals surface area contributed by atoms with E-state index >= 15 is 0 Å². The van der Waals surface area contributed by atoms with Crippen molar-refractivity contribution in [2.45, 2.75) is 36.7 Å². The summed E-state index contributed by atoms with van der Waals surface area (Å²) in [5.41, 5.74) is -0.0164. The Morgan fingerprint density at radius 2 is 1.87 bits per heavy atom. The Morgan fingerprint density at radius 3 is 2.61 bits per heavy atom. The van der Waals surface area contributed by atoms with Gasteiger partial charge in [0.1, 0.15) is 17.4 Å². The summed E-state index contributed by atoms with van der Waals surface area (Å²) in [7, 11) is -4.18. The molecule has 38 heavy (non-hydrogen) atoms. The summed E-state index contributed by atoms with van der Waals surface area (Å²) >= 11 is 0. The maximum Gasteiger partial charge on any atom is 0.419 e. The molecule has 0 bridgehead atoms. The largest absolute Gasteiger partial charge is 0.443 e. The number of rotatable bonds is 6. The first-order chi connectivity index (χ1) is 18.0. The number of benzene rings is 1. The molecule has 9 nitrogen and oxygen atoms in total. The summed E-state index contributed by atoms with van der Waals surface area (Å²) in [4.78, 5) is 24.6. The zero-order valence-electron chi connectivity index (χ0n) is 19.4. The molecule has 14 heteroatoms. The topological polar surface area (TPSA) is 118 Å². The highest BCUT2D eigenvalue weighted by atomic mass is 32.2. The molecule has 3 aromatic heterocycles. The SMILES string of the molecule is O=C(NCc1cc(-c2ncc(C(F)(F)F)cn2)ccn1)[C@@H]1CCCN1S(=O)(=O)c1cc2cc(F)ccc2o1. The smallest absolute Gasteiger partial charge is 0.419 e. The minimum atomic E-state index is -4.56. The molecule has 0 saturated carbocycles. The number of alkyl halides is 3. The Morgan fingerprint density at radius 1 is 1.11 bits per heavy atom. The molecule has 5 rings (SSSR count). The summed E-state index contributed by atoms with van der Waals surface area (Å²) in [5, 5.41) is 2.56. The third kappa shape index (κ3) is 5.09. The van der Waals surface area contributed by atoms with Crippen molar-refractivity contribution in [3.05, 3.63) is 72.1 Å². The average Bonchev–Trinajstić information content (AvgIpc) is 3.55. The van der Waals surface area contributed by atoms with E-state index in [1.165, 1.54) is 30.5 Å². The number of hydrogen-bond donors (Lipinski definition) is 1. The Bertz CT molecular complexity index is 1610. The number of nitrogens with zero attached hydrogens (tertiary/aromatic N) is 4. The second-order valence-corrected chi connectivity index (χ2v) is 10.4. The summed E-state index contributed by atoms with van der Waals surface area (Å²) in [6, 6.07) is 6.89. The van der Waals surface area contributed by atoms with Gasteiger partial charge in [-0.25, -0.2) is 22.8 Å². The molecule has 0 spiro atoms. The number of pyridine rings is 1. The number of furan rings is 1. The van der Waals surface area contributed by atoms with E-state index in [-0.39, 0.29) is 41.4 Å². The quantitative estimate of drug-likeness (QED) is 0.362. The molecule has 1 aromatic carbocycles. The van der Waals surface area contributed by atoms with E-state index in [4.69, 9.17) is 4.42 Å². The third-order valence-corrected chi connectivity index (χ3v) is 7.79. The third-order valence-electron chi connectivity index (χ3n) is 6.02. The van der Waals surface area contributed by atoms with E-state index in [1.54, 1.807) is 0 Å². The highest BCUT2D eigenvalue weighted by Crippen LogP contribution is 2.31. The number of amides is 1. The molecule has 0 unspecified atom stereocenters. The molecule has 1 amide bonds. The fraction of sp³-hybridized carbons (Fsp3) is 0.250. The van der Waals surface area contributed by atoms with Crippen LogP contribution in [-0.4, -0.2) is 46.2 Å². The molecule has 198 valence electrons. The highest BCUT2D eigenvalue weighted by molar-refractivity contribution is 7.89. The zero-order chi connectivity index (χ0) is 27.1. The van der Waals surface area contributed by atoms with Crippen LogP contribution in [0.5, 0.6) is 0 Å². The van der Waals surface area contributed by atoms with Crippen LogP contribution >= 0.6 is 0 Å². The summed E-state index contributed by atoms with van der Waals surface area (Å²) in [6.45, 7) is 0.0342. The van der Waals surface area contributed by atoms with Crippen molar-refractivity contribution in [2.24, 2.45) is 0 Å². The van der Waals surface area contributed by atoms with E-state index in [9.17, 15) is 30.8 Å². The molecule has 1 N–H and O–H groups in total. The summed E-state index contributed by atoms with van der Waals surface area (Å²) < 4.78 is 84.7. The number of fused-ring (bicyclic) bond motifs is 1. The van der Waals surface area contributed by atoms with Gasteiger partial charge in [-0.3, -0.25) is 9.78 Å². The number of carbonyl (C=O) groups excluding carboxylic acids is 1. The molecule has 1 atom stereocenters. The van der Waals surface area contributed by atoms with Crippen molar-refractivity contribution in [1.82, 2.24) is 24.6 Å². The van der Waals surface area contributed by atoms with E-state index in [1.807, 2.05) is 0 Å². The van der Waals surface area contributed by atoms with Gasteiger partial charge in [-0.1, -0.05) is 0 Å². The first kappa shape index (κ1) is 25.7. The first-order valence-corrected chi connectivity index (χ1v) is 12.8. The van der Waals surface area contributed by atoms with E-state index in [0.29, 0.717) is 30.1 Å². The van der Waals surface area contributed by atoms with Crippen molar-refractivity contribution in [2.75, 3.05) is 6.54 Å². The van der Waals surface area contributed by atoms with E-state index < -0.39 is 39.5 Å². The lowest BCUT2D eigenvalue weighted by Crippen LogP contribution is -2.45. The monoisotopic (exact) mass is 549 g/mol. The predicted molar refractivity (Wildman–Crippen MR) is 125 cm³/mol. The minimum Gasteiger partial charge on any atom is -0.443 e. The molecule has 0 radical (unpaired) electrons. The number of nitrogens with one attached hydrogen (secondary N) is 1. The number of aromatic nitrogens is 3. The maximum atomic E-state index is 13.5. The van der Waals surface area contributed by atoms with Crippen molar-refractivity contribution in [3.63, 3.8) is 0 Å². The average molecular weight is 550 g/mol. The summed E-state index contributed by atoms with van der Waals surface area (Å²) in [6.07, 6.45) is -1.07. The fourth-order valence-electron chi connectivity index (χ4n) is 4.16. The van der Waals surface area contributed by atoms with Gasteiger partial charge in [-0.15, -0.1) is 0 Å². The molecular weight excluding hydrogens is 530 g/mol. The molecule has 1 aliphatic heterocycles. The van der Waals surface area contributed by atoms with Gasteiger partial charge in [0.05, 0.1) is 17.8 Å². The van der Waals surface area contributed by atoms with Crippen LogP contribution in [0.15, 0.2) is 64.5 Å². The first-order valence-electron chi connectivity index (χ1n) is 11.4. The van der Waals surface area contributed by atoms with Crippen molar-refractivity contribution >= 4 is 26.9 Å². The number of halogens is 4. The van der Waals surface area contributed by atoms with Gasteiger partial charge in [-0.05, 0) is 43.2 Å². The van der Waals surface area contributed by atoms with Gasteiger partial charge in [0.2, 0.25) is 11.0 Å². The van der Waals surface area contributed by atoms with Crippen LogP contribution in [0.4, 0.5) is 17.6 Å². The molecule has 4 heterocycles. The predicted octanol–water partition coefficient (Wildman–Crippen LogP) is 3.91. The number of sulfonamides is 1. The van der Waals surface area contributed by atoms with Crippen LogP contribution in [0.2, 0.25) is 0 Å². The van der Waals surface area contributed by atoms with Crippen LogP contribution in [-0.2, 0) is 27.5 Å². The Kier molecular flexibility index (Phi) is 6.61. The van der Waals surface area contributed by atoms with Crippen LogP contribution in [0.25, 0.3) is 22.4 Å². The van der Waals surface area contributed by atoms with Crippen molar-refractivity contribution < 1.29 is 35.2 Å². The number of carbonyl (C=O) groups is 1. The van der Waals surface area contributed by atoms with Crippen molar-refractivity contribution in [3.8, 4) is 11.4 Å². The van der Waals surface area contributed by atoms with Gasteiger partial charge < -0.3 is 9.73 Å². The Balaban J connectivity index is 1.28. The molecule has 1 fully saturated rings. The van der Waals surface area contributed by atoms with Crippen LogP contribution in [0.3, 0.4) is 0 Å². The lowest BCUT2D eigenvalue weighted by molar-refractivity contribution is -0.138. The second kappa shape index (κ2) is 9.76. The van der Waals surface area contributed by atoms with Gasteiger partial charge in [0.15, 0.2) is 5.82 Å². The molecule has 1 saturated heterocycles. The Hall–Kier alpha value is -3.91. The summed E-state index contributed by atoms with van der Waals surface area (Å²) in [5.74, 6) is -1.04. The van der Waals surface area contributed by atoms with E-state index in [0.717, 1.165) is 16.4 Å². The molecule has 0 aliphatic carbocycles. The molecule has 1 aliphatic rings. The van der Waals surface area contributed by atoms with Gasteiger partial charge in [0, 0.05) is 42.2 Å². The minimum absolute atomic E-state index is 0.0479. The van der Waals surface area contributed by atoms with Crippen LogP contribution in [0.1, 0.15) is 24.1 Å². The van der Waals surface area contributed by atoms with Crippen LogP contribution in [0, 0.1) is 5.82 Å². The molecular formula is C24H19F4N5O4S. The second-order valence-electron chi connectivity index (χ2n) is 8.57. The lowest BCUT2D eigenvalue weighted by atomic mass is 10.2. The number of hydrogen-bond acceptors (Lipinski definition) is 7. The van der Waals surface area contributed by atoms with Gasteiger partial charge in [-0.2, -0.15) is 17.5 Å². The van der Waals surface area contributed by atoms with Crippen molar-refractivity contribution in [1.29, 1.82) is 0 Å². The standard InChI is InChI=1S/C24H19F4N5O4S/c25-17-3-4-20-15(8-17)10-21(37-20)38(35,36)33-7-1-2-19(33)23(34)32-13-18-9-14(5-6-29-18)22-30-11-16(12-31-22)24(26,27)28/h3-6,8-12,19H,1-2,7,13H2,(H,32,34)/t19-/m0/s1. The highest BCUT2D eigenvalue weighted by Gasteiger charge is 2.41. The Labute approximate surface area is 213 Å². The zero-order valence-corrected chi connectivity index (χ0v) is 20.3. The lowest BCUT2D eigenvalue weighted by Gasteiger charge is -2.22. The van der Waals surface area contributed by atoms with Gasteiger partial charge >= 0.3 is 6.18 Å². The van der Waals surface area contributed by atoms with E-state index in [2.05, 4.69) is 20.3 Å². The maximum absolute atomic E-state index is 13.5. The fourth-order valence-corrected chi connectivity index (χ4v) is 5.76. The normalized spacial score (nSPS) is 16.7. The van der Waals surface area contributed by atoms with Crippen LogP contribution < -0.4 is 5.32 Å². The molecule has 4 aromatic rings.